The minimum atomic E-state index is 0.553. The summed E-state index contributed by atoms with van der Waals surface area (Å²) in [6, 6.07) is 1.89. The highest BCUT2D eigenvalue weighted by Crippen LogP contribution is 2.40. The Hall–Kier alpha value is -0.930. The third kappa shape index (κ3) is 1.85. The number of nitrogens with zero attached hydrogens (tertiary/aromatic N) is 2. The molecule has 0 radical (unpaired) electrons. The van der Waals surface area contributed by atoms with E-state index < -0.39 is 0 Å². The van der Waals surface area contributed by atoms with Crippen molar-refractivity contribution in [1.82, 2.24) is 9.97 Å². The molecule has 2 heterocycles. The van der Waals surface area contributed by atoms with E-state index in [-0.39, 0.29) is 0 Å². The van der Waals surface area contributed by atoms with Gasteiger partial charge in [-0.3, -0.25) is 0 Å². The molecule has 2 nitrogen and oxygen atoms in total. The lowest BCUT2D eigenvalue weighted by Crippen LogP contribution is -1.94. The first-order valence-corrected chi connectivity index (χ1v) is 6.64. The fraction of sp³-hybridized carbons (Fsp3) is 0.333. The molecule has 16 heavy (non-hydrogen) atoms. The zero-order valence-electron chi connectivity index (χ0n) is 8.90. The highest BCUT2D eigenvalue weighted by Gasteiger charge is 2.26. The zero-order chi connectivity index (χ0) is 11.1. The molecule has 0 spiro atoms. The monoisotopic (exact) mass is 250 g/mol. The summed E-state index contributed by atoms with van der Waals surface area (Å²) in [6.45, 7) is 2.08. The van der Waals surface area contributed by atoms with Crippen LogP contribution in [0, 0.1) is 6.92 Å². The molecule has 0 saturated heterocycles. The Morgan fingerprint density at radius 3 is 2.75 bits per heavy atom. The SMILES string of the molecule is Cc1cscc1-c1nc(Cl)cc(C2CC2)n1. The molecule has 0 atom stereocenters. The third-order valence-corrected chi connectivity index (χ3v) is 3.86. The molecule has 0 amide bonds. The number of halogens is 1. The van der Waals surface area contributed by atoms with Gasteiger partial charge in [0.05, 0.1) is 0 Å². The van der Waals surface area contributed by atoms with Crippen molar-refractivity contribution in [1.29, 1.82) is 0 Å². The minimum Gasteiger partial charge on any atom is -0.233 e. The molecule has 2 aromatic heterocycles. The van der Waals surface area contributed by atoms with Crippen molar-refractivity contribution in [2.75, 3.05) is 0 Å². The summed E-state index contributed by atoms with van der Waals surface area (Å²) < 4.78 is 0. The normalized spacial score (nSPS) is 15.4. The van der Waals surface area contributed by atoms with Crippen LogP contribution in [0.5, 0.6) is 0 Å². The molecule has 1 saturated carbocycles. The van der Waals surface area contributed by atoms with Gasteiger partial charge in [-0.25, -0.2) is 9.97 Å². The fourth-order valence-corrected chi connectivity index (χ4v) is 2.75. The number of thiophene rings is 1. The Bertz CT molecular complexity index is 532. The second-order valence-electron chi connectivity index (χ2n) is 4.18. The third-order valence-electron chi connectivity index (χ3n) is 2.81. The van der Waals surface area contributed by atoms with Crippen LogP contribution in [0.3, 0.4) is 0 Å². The van der Waals surface area contributed by atoms with E-state index in [1.54, 1.807) is 11.3 Å². The molecule has 0 aromatic carbocycles. The molecule has 0 unspecified atom stereocenters. The van der Waals surface area contributed by atoms with E-state index >= 15 is 0 Å². The molecule has 1 fully saturated rings. The molecule has 4 heteroatoms. The van der Waals surface area contributed by atoms with Crippen LogP contribution in [-0.4, -0.2) is 9.97 Å². The van der Waals surface area contributed by atoms with Crippen molar-refractivity contribution < 1.29 is 0 Å². The summed E-state index contributed by atoms with van der Waals surface area (Å²) in [5.74, 6) is 1.38. The van der Waals surface area contributed by atoms with E-state index in [1.807, 2.05) is 6.07 Å². The highest BCUT2D eigenvalue weighted by molar-refractivity contribution is 7.08. The fourth-order valence-electron chi connectivity index (χ4n) is 1.73. The van der Waals surface area contributed by atoms with E-state index in [1.165, 1.54) is 18.4 Å². The molecular weight excluding hydrogens is 240 g/mol. The number of hydrogen-bond acceptors (Lipinski definition) is 3. The Labute approximate surface area is 103 Å². The van der Waals surface area contributed by atoms with Crippen LogP contribution in [0.4, 0.5) is 0 Å². The van der Waals surface area contributed by atoms with Gasteiger partial charge < -0.3 is 0 Å². The summed E-state index contributed by atoms with van der Waals surface area (Å²) in [5.41, 5.74) is 3.42. The van der Waals surface area contributed by atoms with Crippen molar-refractivity contribution in [2.45, 2.75) is 25.7 Å². The number of hydrogen-bond donors (Lipinski definition) is 0. The van der Waals surface area contributed by atoms with Gasteiger partial charge in [-0.05, 0) is 36.8 Å². The van der Waals surface area contributed by atoms with Crippen LogP contribution in [0.1, 0.15) is 30.0 Å². The molecule has 82 valence electrons. The van der Waals surface area contributed by atoms with Crippen molar-refractivity contribution in [3.05, 3.63) is 33.2 Å². The maximum absolute atomic E-state index is 6.04. The van der Waals surface area contributed by atoms with Gasteiger partial charge >= 0.3 is 0 Å². The Balaban J connectivity index is 2.10. The lowest BCUT2D eigenvalue weighted by molar-refractivity contribution is 0.994. The average molecular weight is 251 g/mol. The molecule has 3 rings (SSSR count). The maximum Gasteiger partial charge on any atom is 0.162 e. The van der Waals surface area contributed by atoms with Gasteiger partial charge in [-0.15, -0.1) is 0 Å². The molecular formula is C12H11ClN2S. The zero-order valence-corrected chi connectivity index (χ0v) is 10.5. The van der Waals surface area contributed by atoms with E-state index in [4.69, 9.17) is 11.6 Å². The predicted octanol–water partition coefficient (Wildman–Crippen LogP) is 4.04. The first kappa shape index (κ1) is 10.2. The van der Waals surface area contributed by atoms with Crippen molar-refractivity contribution in [2.24, 2.45) is 0 Å². The summed E-state index contributed by atoms with van der Waals surface area (Å²) in [7, 11) is 0. The first-order chi connectivity index (χ1) is 7.74. The number of aryl methyl sites for hydroxylation is 1. The Morgan fingerprint density at radius 1 is 1.31 bits per heavy atom. The van der Waals surface area contributed by atoms with Crippen LogP contribution in [-0.2, 0) is 0 Å². The van der Waals surface area contributed by atoms with Crippen LogP contribution in [0.25, 0.3) is 11.4 Å². The maximum atomic E-state index is 6.04. The standard InChI is InChI=1S/C12H11ClN2S/c1-7-5-16-6-9(7)12-14-10(8-2-3-8)4-11(13)15-12/h4-6,8H,2-3H2,1H3. The second kappa shape index (κ2) is 3.82. The van der Waals surface area contributed by atoms with E-state index in [2.05, 4.69) is 27.7 Å². The van der Waals surface area contributed by atoms with Gasteiger partial charge in [0, 0.05) is 22.6 Å². The predicted molar refractivity (Wildman–Crippen MR) is 67.1 cm³/mol. The smallest absolute Gasteiger partial charge is 0.162 e. The first-order valence-electron chi connectivity index (χ1n) is 5.31. The van der Waals surface area contributed by atoms with Crippen LogP contribution in [0.2, 0.25) is 5.15 Å². The van der Waals surface area contributed by atoms with Crippen molar-refractivity contribution in [3.63, 3.8) is 0 Å². The number of rotatable bonds is 2. The molecule has 1 aliphatic carbocycles. The van der Waals surface area contributed by atoms with E-state index in [0.29, 0.717) is 11.1 Å². The largest absolute Gasteiger partial charge is 0.233 e. The average Bonchev–Trinajstić information content (AvgIpc) is 3.01. The van der Waals surface area contributed by atoms with Crippen molar-refractivity contribution >= 4 is 22.9 Å². The second-order valence-corrected chi connectivity index (χ2v) is 5.31. The lowest BCUT2D eigenvalue weighted by atomic mass is 10.2. The molecule has 0 bridgehead atoms. The Morgan fingerprint density at radius 2 is 2.12 bits per heavy atom. The van der Waals surface area contributed by atoms with Gasteiger partial charge in [-0.2, -0.15) is 11.3 Å². The van der Waals surface area contributed by atoms with E-state index in [0.717, 1.165) is 17.1 Å². The van der Waals surface area contributed by atoms with Gasteiger partial charge in [0.25, 0.3) is 0 Å². The summed E-state index contributed by atoms with van der Waals surface area (Å²) >= 11 is 7.72. The summed E-state index contributed by atoms with van der Waals surface area (Å²) in [5, 5.41) is 4.74. The molecule has 1 aliphatic rings. The van der Waals surface area contributed by atoms with Gasteiger partial charge in [0.15, 0.2) is 5.82 Å². The molecule has 0 N–H and O–H groups in total. The summed E-state index contributed by atoms with van der Waals surface area (Å²) in [6.07, 6.45) is 2.46. The minimum absolute atomic E-state index is 0.553. The van der Waals surface area contributed by atoms with Gasteiger partial charge in [0.2, 0.25) is 0 Å². The van der Waals surface area contributed by atoms with Crippen molar-refractivity contribution in [3.8, 4) is 11.4 Å². The van der Waals surface area contributed by atoms with Gasteiger partial charge in [-0.1, -0.05) is 11.6 Å². The number of aromatic nitrogens is 2. The highest BCUT2D eigenvalue weighted by atomic mass is 35.5. The molecule has 0 aliphatic heterocycles. The van der Waals surface area contributed by atoms with Crippen LogP contribution in [0.15, 0.2) is 16.8 Å². The molecule has 2 aromatic rings. The summed E-state index contributed by atoms with van der Waals surface area (Å²) in [4.78, 5) is 8.92. The Kier molecular flexibility index (Phi) is 2.45. The quantitative estimate of drug-likeness (QED) is 0.752. The van der Waals surface area contributed by atoms with E-state index in [9.17, 15) is 0 Å². The van der Waals surface area contributed by atoms with Crippen LogP contribution < -0.4 is 0 Å². The lowest BCUT2D eigenvalue weighted by Gasteiger charge is -2.03. The van der Waals surface area contributed by atoms with Crippen LogP contribution >= 0.6 is 22.9 Å². The van der Waals surface area contributed by atoms with Gasteiger partial charge in [0.1, 0.15) is 5.15 Å². The topological polar surface area (TPSA) is 25.8 Å².